The molecule has 2 unspecified atom stereocenters. The molecule has 0 aliphatic rings. The Bertz CT molecular complexity index is 962. The van der Waals surface area contributed by atoms with Crippen molar-refractivity contribution in [2.45, 2.75) is 251 Å². The van der Waals surface area contributed by atoms with E-state index in [1.165, 1.54) is 167 Å². The summed E-state index contributed by atoms with van der Waals surface area (Å²) in [5.41, 5.74) is 0. The topological polar surface area (TPSA) is 99.1 Å². The van der Waals surface area contributed by atoms with Crippen LogP contribution in [-0.4, -0.2) is 80.6 Å². The minimum absolute atomic E-state index is 0.0463. The van der Waals surface area contributed by atoms with Crippen LogP contribution in [0.5, 0.6) is 0 Å². The van der Waals surface area contributed by atoms with Crippen LogP contribution in [0.15, 0.2) is 12.2 Å². The van der Waals surface area contributed by atoms with Gasteiger partial charge in [0.15, 0.2) is 12.1 Å². The molecule has 8 nitrogen and oxygen atoms in total. The Balaban J connectivity index is 4.24. The van der Waals surface area contributed by atoms with Crippen LogP contribution in [0.4, 0.5) is 0 Å². The Kier molecular flexibility index (Phi) is 40.4. The van der Waals surface area contributed by atoms with E-state index >= 15 is 0 Å². The van der Waals surface area contributed by atoms with Gasteiger partial charge in [0.1, 0.15) is 6.61 Å². The molecule has 0 aliphatic carbocycles. The molecule has 58 heavy (non-hydrogen) atoms. The summed E-state index contributed by atoms with van der Waals surface area (Å²) in [7, 11) is 5.54. The zero-order valence-electron chi connectivity index (χ0n) is 39.0. The van der Waals surface area contributed by atoms with E-state index in [4.69, 9.17) is 14.2 Å². The number of quaternary nitrogens is 1. The van der Waals surface area contributed by atoms with Crippen molar-refractivity contribution in [3.8, 4) is 0 Å². The molecule has 0 aromatic carbocycles. The van der Waals surface area contributed by atoms with Gasteiger partial charge >= 0.3 is 17.9 Å². The van der Waals surface area contributed by atoms with Crippen LogP contribution in [0.1, 0.15) is 239 Å². The molecule has 0 aliphatic heterocycles. The van der Waals surface area contributed by atoms with Crippen LogP contribution in [0, 0.1) is 0 Å². The molecule has 0 saturated heterocycles. The molecule has 0 radical (unpaired) electrons. The Hall–Kier alpha value is -1.93. The van der Waals surface area contributed by atoms with Crippen LogP contribution in [0.2, 0.25) is 0 Å². The van der Waals surface area contributed by atoms with Crippen molar-refractivity contribution in [3.05, 3.63) is 12.2 Å². The van der Waals surface area contributed by atoms with Crippen LogP contribution < -0.4 is 0 Å². The van der Waals surface area contributed by atoms with Crippen LogP contribution in [0.3, 0.4) is 0 Å². The lowest BCUT2D eigenvalue weighted by Gasteiger charge is -2.31. The predicted molar refractivity (Wildman–Crippen MR) is 243 cm³/mol. The smallest absolute Gasteiger partial charge is 0.362 e. The lowest BCUT2D eigenvalue weighted by molar-refractivity contribution is -0.887. The molecule has 1 N–H and O–H groups in total. The molecule has 342 valence electrons. The average Bonchev–Trinajstić information content (AvgIpc) is 3.18. The summed E-state index contributed by atoms with van der Waals surface area (Å²) >= 11 is 0. The van der Waals surface area contributed by atoms with Gasteiger partial charge in [0.2, 0.25) is 0 Å². The third-order valence-electron chi connectivity index (χ3n) is 11.4. The summed E-state index contributed by atoms with van der Waals surface area (Å²) in [4.78, 5) is 37.1. The molecule has 0 saturated carbocycles. The van der Waals surface area contributed by atoms with Crippen LogP contribution in [0.25, 0.3) is 0 Å². The number of carboxylic acids is 1. The lowest BCUT2D eigenvalue weighted by Crippen LogP contribution is -2.50. The standard InChI is InChI=1S/C50H95NO7/c1-6-8-10-12-14-16-18-20-22-23-24-25-26-27-29-31-33-35-37-39-41-49(53)58-46(44-56-43-42-47(50(54)55)51(3,4)5)45-57-48(52)40-38-36-34-32-30-28-21-19-17-15-13-11-9-7-2/h24-25,46-47H,6-23,26-45H2,1-5H3/p+1/b25-24+. The Labute approximate surface area is 359 Å². The van der Waals surface area contributed by atoms with Gasteiger partial charge in [-0.1, -0.05) is 193 Å². The Morgan fingerprint density at radius 1 is 0.500 bits per heavy atom. The molecule has 2 atom stereocenters. The Morgan fingerprint density at radius 2 is 0.862 bits per heavy atom. The molecular formula is C50H96NO7+. The van der Waals surface area contributed by atoms with Crippen molar-refractivity contribution >= 4 is 17.9 Å². The quantitative estimate of drug-likeness (QED) is 0.0283. The van der Waals surface area contributed by atoms with Crippen molar-refractivity contribution in [1.82, 2.24) is 0 Å². The number of unbranched alkanes of at least 4 members (excludes halogenated alkanes) is 29. The molecule has 8 heteroatoms. The van der Waals surface area contributed by atoms with Crippen molar-refractivity contribution in [2.24, 2.45) is 0 Å². The minimum Gasteiger partial charge on any atom is -0.477 e. The monoisotopic (exact) mass is 823 g/mol. The fourth-order valence-corrected chi connectivity index (χ4v) is 7.56. The summed E-state index contributed by atoms with van der Waals surface area (Å²) in [6.07, 6.45) is 45.4. The number of rotatable bonds is 45. The highest BCUT2D eigenvalue weighted by molar-refractivity contribution is 5.72. The number of allylic oxidation sites excluding steroid dienone is 2. The lowest BCUT2D eigenvalue weighted by atomic mass is 10.0. The van der Waals surface area contributed by atoms with Gasteiger partial charge in [-0.3, -0.25) is 9.59 Å². The van der Waals surface area contributed by atoms with Crippen LogP contribution >= 0.6 is 0 Å². The van der Waals surface area contributed by atoms with Gasteiger partial charge in [-0.2, -0.15) is 0 Å². The van der Waals surface area contributed by atoms with Crippen molar-refractivity contribution in [2.75, 3.05) is 41.0 Å². The van der Waals surface area contributed by atoms with E-state index in [0.29, 0.717) is 19.3 Å². The second kappa shape index (κ2) is 41.8. The minimum atomic E-state index is -0.872. The highest BCUT2D eigenvalue weighted by Gasteiger charge is 2.31. The molecule has 0 rings (SSSR count). The van der Waals surface area contributed by atoms with E-state index in [9.17, 15) is 19.5 Å². The predicted octanol–water partition coefficient (Wildman–Crippen LogP) is 13.9. The maximum atomic E-state index is 12.8. The number of carbonyl (C=O) groups excluding carboxylic acids is 2. The third kappa shape index (κ3) is 39.5. The molecular weight excluding hydrogens is 727 g/mol. The molecule has 0 fully saturated rings. The third-order valence-corrected chi connectivity index (χ3v) is 11.4. The van der Waals surface area contributed by atoms with E-state index < -0.39 is 18.1 Å². The maximum Gasteiger partial charge on any atom is 0.362 e. The highest BCUT2D eigenvalue weighted by atomic mass is 16.6. The largest absolute Gasteiger partial charge is 0.477 e. The number of carboxylic acid groups (broad SMARTS) is 1. The Morgan fingerprint density at radius 3 is 1.24 bits per heavy atom. The van der Waals surface area contributed by atoms with E-state index in [1.54, 1.807) is 0 Å². The summed E-state index contributed by atoms with van der Waals surface area (Å²) < 4.78 is 17.3. The van der Waals surface area contributed by atoms with E-state index in [-0.39, 0.29) is 36.2 Å². The second-order valence-electron chi connectivity index (χ2n) is 18.1. The summed E-state index contributed by atoms with van der Waals surface area (Å²) in [5, 5.41) is 9.64. The van der Waals surface area contributed by atoms with Gasteiger partial charge in [-0.05, 0) is 38.5 Å². The molecule has 0 aromatic rings. The molecule has 0 spiro atoms. The number of nitrogens with zero attached hydrogens (tertiary/aromatic N) is 1. The number of carbonyl (C=O) groups is 3. The number of likely N-dealkylation sites (N-methyl/N-ethyl adjacent to an activating group) is 1. The zero-order valence-corrected chi connectivity index (χ0v) is 39.0. The van der Waals surface area contributed by atoms with Gasteiger partial charge in [-0.15, -0.1) is 0 Å². The maximum absolute atomic E-state index is 12.8. The van der Waals surface area contributed by atoms with Gasteiger partial charge in [0, 0.05) is 19.3 Å². The highest BCUT2D eigenvalue weighted by Crippen LogP contribution is 2.16. The summed E-state index contributed by atoms with van der Waals surface area (Å²) in [6.45, 7) is 4.77. The first kappa shape index (κ1) is 56.1. The number of esters is 2. The zero-order chi connectivity index (χ0) is 42.8. The molecule has 0 amide bonds. The van der Waals surface area contributed by atoms with Crippen molar-refractivity contribution in [1.29, 1.82) is 0 Å². The fraction of sp³-hybridized carbons (Fsp3) is 0.900. The first-order valence-corrected chi connectivity index (χ1v) is 24.7. The number of ether oxygens (including phenoxy) is 3. The first-order valence-electron chi connectivity index (χ1n) is 24.7. The normalized spacial score (nSPS) is 12.9. The van der Waals surface area contributed by atoms with Gasteiger partial charge in [-0.25, -0.2) is 4.79 Å². The van der Waals surface area contributed by atoms with E-state index in [0.717, 1.165) is 38.5 Å². The van der Waals surface area contributed by atoms with Crippen molar-refractivity contribution < 1.29 is 38.2 Å². The van der Waals surface area contributed by atoms with Crippen LogP contribution in [-0.2, 0) is 28.6 Å². The van der Waals surface area contributed by atoms with E-state index in [1.807, 2.05) is 21.1 Å². The molecule has 0 aromatic heterocycles. The van der Waals surface area contributed by atoms with E-state index in [2.05, 4.69) is 26.0 Å². The average molecular weight is 823 g/mol. The van der Waals surface area contributed by atoms with Gasteiger partial charge < -0.3 is 23.8 Å². The van der Waals surface area contributed by atoms with Gasteiger partial charge in [0.25, 0.3) is 0 Å². The summed E-state index contributed by atoms with van der Waals surface area (Å²) in [6, 6.07) is -0.611. The fourth-order valence-electron chi connectivity index (χ4n) is 7.56. The molecule has 0 bridgehead atoms. The number of hydrogen-bond donors (Lipinski definition) is 1. The second-order valence-corrected chi connectivity index (χ2v) is 18.1. The SMILES string of the molecule is CCCCCCCCCCC/C=C/CCCCCCCCCC(=O)OC(COCCC(C(=O)O)[N+](C)(C)C)COC(=O)CCCCCCCCCCCCCCCC. The summed E-state index contributed by atoms with van der Waals surface area (Å²) in [5.74, 6) is -1.45. The number of hydrogen-bond acceptors (Lipinski definition) is 6. The van der Waals surface area contributed by atoms with Crippen molar-refractivity contribution in [3.63, 3.8) is 0 Å². The van der Waals surface area contributed by atoms with Gasteiger partial charge in [0.05, 0.1) is 34.4 Å². The number of aliphatic carboxylic acids is 1. The molecule has 0 heterocycles. The first-order chi connectivity index (χ1) is 28.1.